The molecule has 1 heterocycles. The van der Waals surface area contributed by atoms with Crippen LogP contribution in [0.25, 0.3) is 0 Å². The highest BCUT2D eigenvalue weighted by atomic mass is 16.5. The van der Waals surface area contributed by atoms with Crippen LogP contribution in [-0.4, -0.2) is 43.0 Å². The number of hydrogen-bond donors (Lipinski definition) is 0. The quantitative estimate of drug-likeness (QED) is 0.788. The first-order chi connectivity index (χ1) is 13.2. The molecule has 0 saturated carbocycles. The molecule has 0 bridgehead atoms. The number of piperidine rings is 1. The lowest BCUT2D eigenvalue weighted by Crippen LogP contribution is -2.45. The van der Waals surface area contributed by atoms with E-state index in [1.807, 2.05) is 72.5 Å². The highest BCUT2D eigenvalue weighted by molar-refractivity contribution is 5.95. The van der Waals surface area contributed by atoms with Crippen LogP contribution in [0.4, 0.5) is 5.69 Å². The minimum Gasteiger partial charge on any atom is -0.484 e. The standard InChI is InChI=1S/C22H26N2O3/c1-2-24(19-9-5-3-6-10-19)22(26)18-13-15-23(16-14-18)21(25)17-27-20-11-7-4-8-12-20/h3-12,18H,2,13-17H2,1H3. The second-order valence-corrected chi connectivity index (χ2v) is 6.67. The third kappa shape index (κ3) is 4.88. The lowest BCUT2D eigenvalue weighted by Gasteiger charge is -2.34. The number of rotatable bonds is 6. The molecule has 142 valence electrons. The lowest BCUT2D eigenvalue weighted by molar-refractivity contribution is -0.136. The van der Waals surface area contributed by atoms with Gasteiger partial charge < -0.3 is 14.5 Å². The molecule has 0 radical (unpaired) electrons. The van der Waals surface area contributed by atoms with Gasteiger partial charge in [-0.1, -0.05) is 36.4 Å². The van der Waals surface area contributed by atoms with Crippen molar-refractivity contribution >= 4 is 17.5 Å². The number of ether oxygens (including phenoxy) is 1. The molecule has 0 N–H and O–H groups in total. The molecule has 0 atom stereocenters. The molecule has 0 unspecified atom stereocenters. The minimum atomic E-state index is -0.0377. The van der Waals surface area contributed by atoms with Crippen molar-refractivity contribution < 1.29 is 14.3 Å². The topological polar surface area (TPSA) is 49.9 Å². The van der Waals surface area contributed by atoms with E-state index >= 15 is 0 Å². The Kier molecular flexibility index (Phi) is 6.47. The molecule has 1 saturated heterocycles. The highest BCUT2D eigenvalue weighted by Gasteiger charge is 2.30. The summed E-state index contributed by atoms with van der Waals surface area (Å²) in [5.41, 5.74) is 0.930. The van der Waals surface area contributed by atoms with Gasteiger partial charge in [0.15, 0.2) is 6.61 Å². The van der Waals surface area contributed by atoms with Gasteiger partial charge in [0, 0.05) is 31.2 Å². The van der Waals surface area contributed by atoms with Crippen LogP contribution in [0, 0.1) is 5.92 Å². The molecule has 2 aromatic rings. The number of carbonyl (C=O) groups excluding carboxylic acids is 2. The van der Waals surface area contributed by atoms with Crippen molar-refractivity contribution in [3.8, 4) is 5.75 Å². The molecule has 0 aromatic heterocycles. The van der Waals surface area contributed by atoms with Crippen LogP contribution < -0.4 is 9.64 Å². The SMILES string of the molecule is CCN(C(=O)C1CCN(C(=O)COc2ccccc2)CC1)c1ccccc1. The maximum Gasteiger partial charge on any atom is 0.260 e. The zero-order valence-electron chi connectivity index (χ0n) is 15.7. The predicted molar refractivity (Wildman–Crippen MR) is 106 cm³/mol. The molecule has 1 aliphatic rings. The van der Waals surface area contributed by atoms with Gasteiger partial charge >= 0.3 is 0 Å². The van der Waals surface area contributed by atoms with Crippen LogP contribution in [0.3, 0.4) is 0 Å². The van der Waals surface area contributed by atoms with Gasteiger partial charge in [0.25, 0.3) is 5.91 Å². The third-order valence-corrected chi connectivity index (χ3v) is 4.95. The van der Waals surface area contributed by atoms with E-state index in [0.29, 0.717) is 38.2 Å². The normalized spacial score (nSPS) is 14.6. The van der Waals surface area contributed by atoms with Gasteiger partial charge in [0.05, 0.1) is 0 Å². The predicted octanol–water partition coefficient (Wildman–Crippen LogP) is 3.36. The van der Waals surface area contributed by atoms with Crippen molar-refractivity contribution in [3.05, 3.63) is 60.7 Å². The fourth-order valence-corrected chi connectivity index (χ4v) is 3.42. The monoisotopic (exact) mass is 366 g/mol. The highest BCUT2D eigenvalue weighted by Crippen LogP contribution is 2.23. The smallest absolute Gasteiger partial charge is 0.260 e. The van der Waals surface area contributed by atoms with E-state index in [9.17, 15) is 9.59 Å². The van der Waals surface area contributed by atoms with E-state index in [2.05, 4.69) is 0 Å². The maximum absolute atomic E-state index is 12.9. The summed E-state index contributed by atoms with van der Waals surface area (Å²) in [7, 11) is 0. The average Bonchev–Trinajstić information content (AvgIpc) is 2.74. The molecule has 2 aromatic carbocycles. The number of anilines is 1. The summed E-state index contributed by atoms with van der Waals surface area (Å²) in [5, 5.41) is 0. The summed E-state index contributed by atoms with van der Waals surface area (Å²) < 4.78 is 5.54. The van der Waals surface area contributed by atoms with Gasteiger partial charge in [0.1, 0.15) is 5.75 Å². The van der Waals surface area contributed by atoms with Gasteiger partial charge in [-0.2, -0.15) is 0 Å². The van der Waals surface area contributed by atoms with Crippen LogP contribution in [0.1, 0.15) is 19.8 Å². The van der Waals surface area contributed by atoms with Crippen molar-refractivity contribution in [1.29, 1.82) is 0 Å². The molecular weight excluding hydrogens is 340 g/mol. The molecule has 0 aliphatic carbocycles. The summed E-state index contributed by atoms with van der Waals surface area (Å²) in [6.07, 6.45) is 1.39. The number of likely N-dealkylation sites (tertiary alicyclic amines) is 1. The molecule has 1 aliphatic heterocycles. The lowest BCUT2D eigenvalue weighted by atomic mass is 9.95. The van der Waals surface area contributed by atoms with E-state index in [4.69, 9.17) is 4.74 Å². The summed E-state index contributed by atoms with van der Waals surface area (Å²) in [6, 6.07) is 19.1. The maximum atomic E-state index is 12.9. The van der Waals surface area contributed by atoms with Crippen LogP contribution >= 0.6 is 0 Å². The second-order valence-electron chi connectivity index (χ2n) is 6.67. The van der Waals surface area contributed by atoms with E-state index in [0.717, 1.165) is 5.69 Å². The van der Waals surface area contributed by atoms with Crippen molar-refractivity contribution in [3.63, 3.8) is 0 Å². The number of benzene rings is 2. The summed E-state index contributed by atoms with van der Waals surface area (Å²) >= 11 is 0. The average molecular weight is 366 g/mol. The van der Waals surface area contributed by atoms with Gasteiger partial charge in [-0.25, -0.2) is 0 Å². The van der Waals surface area contributed by atoms with Crippen LogP contribution in [0.2, 0.25) is 0 Å². The van der Waals surface area contributed by atoms with Crippen molar-refractivity contribution in [2.24, 2.45) is 5.92 Å². The molecule has 0 spiro atoms. The van der Waals surface area contributed by atoms with Crippen molar-refractivity contribution in [1.82, 2.24) is 4.90 Å². The fraction of sp³-hybridized carbons (Fsp3) is 0.364. The van der Waals surface area contributed by atoms with Gasteiger partial charge in [-0.3, -0.25) is 9.59 Å². The number of carbonyl (C=O) groups is 2. The first kappa shape index (κ1) is 19.0. The Morgan fingerprint density at radius 3 is 2.19 bits per heavy atom. The number of nitrogens with zero attached hydrogens (tertiary/aromatic N) is 2. The second kappa shape index (κ2) is 9.21. The Morgan fingerprint density at radius 1 is 1.00 bits per heavy atom. The Labute approximate surface area is 160 Å². The van der Waals surface area contributed by atoms with E-state index in [1.54, 1.807) is 4.90 Å². The molecule has 3 rings (SSSR count). The molecule has 2 amide bonds. The first-order valence-electron chi connectivity index (χ1n) is 9.51. The summed E-state index contributed by atoms with van der Waals surface area (Å²) in [6.45, 7) is 3.87. The largest absolute Gasteiger partial charge is 0.484 e. The molecule has 5 heteroatoms. The van der Waals surface area contributed by atoms with Gasteiger partial charge in [-0.15, -0.1) is 0 Å². The Morgan fingerprint density at radius 2 is 1.59 bits per heavy atom. The fourth-order valence-electron chi connectivity index (χ4n) is 3.42. The molecule has 5 nitrogen and oxygen atoms in total. The Balaban J connectivity index is 1.50. The first-order valence-corrected chi connectivity index (χ1v) is 9.51. The van der Waals surface area contributed by atoms with Crippen molar-refractivity contribution in [2.75, 3.05) is 31.1 Å². The Hall–Kier alpha value is -2.82. The zero-order valence-corrected chi connectivity index (χ0v) is 15.7. The summed E-state index contributed by atoms with van der Waals surface area (Å²) in [5.74, 6) is 0.776. The zero-order chi connectivity index (χ0) is 19.1. The molecule has 27 heavy (non-hydrogen) atoms. The van der Waals surface area contributed by atoms with E-state index < -0.39 is 0 Å². The molecule has 1 fully saturated rings. The Bertz CT molecular complexity index is 741. The summed E-state index contributed by atoms with van der Waals surface area (Å²) in [4.78, 5) is 28.9. The molecular formula is C22H26N2O3. The third-order valence-electron chi connectivity index (χ3n) is 4.95. The number of para-hydroxylation sites is 2. The van der Waals surface area contributed by atoms with Crippen molar-refractivity contribution in [2.45, 2.75) is 19.8 Å². The number of hydrogen-bond acceptors (Lipinski definition) is 3. The van der Waals surface area contributed by atoms with Crippen LogP contribution in [-0.2, 0) is 9.59 Å². The minimum absolute atomic E-state index is 0.0276. The van der Waals surface area contributed by atoms with E-state index in [1.165, 1.54) is 0 Å². The van der Waals surface area contributed by atoms with Crippen LogP contribution in [0.5, 0.6) is 5.75 Å². The van der Waals surface area contributed by atoms with Gasteiger partial charge in [-0.05, 0) is 44.0 Å². The van der Waals surface area contributed by atoms with Crippen LogP contribution in [0.15, 0.2) is 60.7 Å². The van der Waals surface area contributed by atoms with E-state index in [-0.39, 0.29) is 24.3 Å². The van der Waals surface area contributed by atoms with Gasteiger partial charge in [0.2, 0.25) is 5.91 Å². The number of amides is 2.